The highest BCUT2D eigenvalue weighted by Crippen LogP contribution is 2.27. The number of hydrogen-bond donors (Lipinski definition) is 0. The second-order valence-corrected chi connectivity index (χ2v) is 4.86. The molecule has 0 saturated heterocycles. The Kier molecular flexibility index (Phi) is 4.98. The number of carbonyl (C=O) groups excluding carboxylic acids is 1. The van der Waals surface area contributed by atoms with E-state index in [9.17, 15) is 4.79 Å². The number of aryl methyl sites for hydroxylation is 1. The standard InChI is InChI=1S/C14H12Cl2N2O3/c1-3-20-14(19)21-11-7-17-13(18-12(11)16)9-4-5-10(15)8(2)6-9/h4-7H,3H2,1-2H3. The van der Waals surface area contributed by atoms with Gasteiger partial charge in [0.1, 0.15) is 0 Å². The van der Waals surface area contributed by atoms with E-state index in [4.69, 9.17) is 27.9 Å². The second kappa shape index (κ2) is 6.74. The number of ether oxygens (including phenoxy) is 2. The average molecular weight is 327 g/mol. The average Bonchev–Trinajstić information content (AvgIpc) is 2.44. The summed E-state index contributed by atoms with van der Waals surface area (Å²) in [5.41, 5.74) is 1.67. The first-order valence-corrected chi connectivity index (χ1v) is 6.90. The molecule has 2 aromatic rings. The minimum atomic E-state index is -0.849. The van der Waals surface area contributed by atoms with Crippen LogP contribution in [0.1, 0.15) is 12.5 Å². The van der Waals surface area contributed by atoms with E-state index in [-0.39, 0.29) is 17.5 Å². The van der Waals surface area contributed by atoms with Crippen molar-refractivity contribution in [1.82, 2.24) is 9.97 Å². The van der Waals surface area contributed by atoms with Crippen molar-refractivity contribution in [3.05, 3.63) is 40.1 Å². The lowest BCUT2D eigenvalue weighted by atomic mass is 10.1. The minimum Gasteiger partial charge on any atom is -0.434 e. The van der Waals surface area contributed by atoms with Gasteiger partial charge in [0, 0.05) is 10.6 Å². The molecule has 0 fully saturated rings. The minimum absolute atomic E-state index is 0.0284. The Morgan fingerprint density at radius 2 is 2.10 bits per heavy atom. The maximum absolute atomic E-state index is 11.2. The topological polar surface area (TPSA) is 61.3 Å². The zero-order valence-electron chi connectivity index (χ0n) is 11.4. The summed E-state index contributed by atoms with van der Waals surface area (Å²) >= 11 is 12.0. The van der Waals surface area contributed by atoms with Crippen LogP contribution in [0.4, 0.5) is 4.79 Å². The van der Waals surface area contributed by atoms with Gasteiger partial charge in [-0.15, -0.1) is 0 Å². The van der Waals surface area contributed by atoms with E-state index in [2.05, 4.69) is 14.7 Å². The number of halogens is 2. The molecule has 0 radical (unpaired) electrons. The fraction of sp³-hybridized carbons (Fsp3) is 0.214. The molecule has 0 saturated carbocycles. The molecule has 0 aliphatic carbocycles. The van der Waals surface area contributed by atoms with Crippen LogP contribution >= 0.6 is 23.2 Å². The van der Waals surface area contributed by atoms with Crippen LogP contribution in [0, 0.1) is 6.92 Å². The molecule has 0 spiro atoms. The Balaban J connectivity index is 2.26. The zero-order chi connectivity index (χ0) is 15.4. The fourth-order valence-electron chi connectivity index (χ4n) is 1.58. The summed E-state index contributed by atoms with van der Waals surface area (Å²) in [5, 5.41) is 0.688. The van der Waals surface area contributed by atoms with Gasteiger partial charge < -0.3 is 9.47 Å². The number of aromatic nitrogens is 2. The molecule has 110 valence electrons. The Labute approximate surface area is 131 Å². The highest BCUT2D eigenvalue weighted by atomic mass is 35.5. The lowest BCUT2D eigenvalue weighted by molar-refractivity contribution is 0.104. The summed E-state index contributed by atoms with van der Waals surface area (Å²) < 4.78 is 9.53. The Hall–Kier alpha value is -1.85. The van der Waals surface area contributed by atoms with E-state index in [1.165, 1.54) is 6.20 Å². The quantitative estimate of drug-likeness (QED) is 0.621. The first-order valence-electron chi connectivity index (χ1n) is 6.15. The Morgan fingerprint density at radius 1 is 1.33 bits per heavy atom. The van der Waals surface area contributed by atoms with Crippen LogP contribution in [0.5, 0.6) is 5.75 Å². The molecule has 21 heavy (non-hydrogen) atoms. The molecule has 0 amide bonds. The van der Waals surface area contributed by atoms with Gasteiger partial charge in [0.05, 0.1) is 12.8 Å². The first-order chi connectivity index (χ1) is 10.0. The third-order valence-corrected chi connectivity index (χ3v) is 3.28. The molecular formula is C14H12Cl2N2O3. The normalized spacial score (nSPS) is 10.3. The highest BCUT2D eigenvalue weighted by molar-refractivity contribution is 6.31. The van der Waals surface area contributed by atoms with Crippen molar-refractivity contribution in [3.63, 3.8) is 0 Å². The van der Waals surface area contributed by atoms with E-state index >= 15 is 0 Å². The summed E-state index contributed by atoms with van der Waals surface area (Å²) in [6.07, 6.45) is 0.476. The van der Waals surface area contributed by atoms with Gasteiger partial charge in [-0.25, -0.2) is 14.8 Å². The second-order valence-electron chi connectivity index (χ2n) is 4.10. The van der Waals surface area contributed by atoms with E-state index < -0.39 is 6.16 Å². The van der Waals surface area contributed by atoms with E-state index in [0.29, 0.717) is 10.8 Å². The third kappa shape index (κ3) is 3.83. The van der Waals surface area contributed by atoms with Gasteiger partial charge in [-0.1, -0.05) is 23.2 Å². The number of rotatable bonds is 3. The molecule has 2 rings (SSSR count). The molecule has 0 aliphatic rings. The molecule has 1 heterocycles. The van der Waals surface area contributed by atoms with Crippen LogP contribution in [0.2, 0.25) is 10.2 Å². The van der Waals surface area contributed by atoms with Gasteiger partial charge >= 0.3 is 6.16 Å². The van der Waals surface area contributed by atoms with Crippen LogP contribution in [0.25, 0.3) is 11.4 Å². The highest BCUT2D eigenvalue weighted by Gasteiger charge is 2.13. The smallest absolute Gasteiger partial charge is 0.434 e. The van der Waals surface area contributed by atoms with E-state index in [1.54, 1.807) is 19.1 Å². The van der Waals surface area contributed by atoms with Crippen molar-refractivity contribution in [1.29, 1.82) is 0 Å². The van der Waals surface area contributed by atoms with Crippen molar-refractivity contribution in [2.75, 3.05) is 6.61 Å². The van der Waals surface area contributed by atoms with Crippen LogP contribution in [-0.2, 0) is 4.74 Å². The third-order valence-electron chi connectivity index (χ3n) is 2.58. The number of carbonyl (C=O) groups is 1. The number of hydrogen-bond acceptors (Lipinski definition) is 5. The van der Waals surface area contributed by atoms with Gasteiger partial charge in [0.15, 0.2) is 16.7 Å². The molecular weight excluding hydrogens is 315 g/mol. The summed E-state index contributed by atoms with van der Waals surface area (Å²) in [4.78, 5) is 19.5. The lowest BCUT2D eigenvalue weighted by Crippen LogP contribution is -2.11. The molecule has 7 heteroatoms. The first kappa shape index (κ1) is 15.5. The van der Waals surface area contributed by atoms with Crippen molar-refractivity contribution < 1.29 is 14.3 Å². The predicted octanol–water partition coefficient (Wildman–Crippen LogP) is 4.29. The van der Waals surface area contributed by atoms with E-state index in [1.807, 2.05) is 13.0 Å². The van der Waals surface area contributed by atoms with Crippen LogP contribution in [-0.4, -0.2) is 22.7 Å². The zero-order valence-corrected chi connectivity index (χ0v) is 12.9. The molecule has 1 aromatic carbocycles. The fourth-order valence-corrected chi connectivity index (χ4v) is 1.86. The van der Waals surface area contributed by atoms with Crippen molar-refractivity contribution in [2.45, 2.75) is 13.8 Å². The van der Waals surface area contributed by atoms with Crippen molar-refractivity contribution in [2.24, 2.45) is 0 Å². The summed E-state index contributed by atoms with van der Waals surface area (Å²) in [7, 11) is 0. The van der Waals surface area contributed by atoms with Crippen LogP contribution in [0.15, 0.2) is 24.4 Å². The SMILES string of the molecule is CCOC(=O)Oc1cnc(-c2ccc(Cl)c(C)c2)nc1Cl. The predicted molar refractivity (Wildman–Crippen MR) is 79.9 cm³/mol. The van der Waals surface area contributed by atoms with Crippen LogP contribution < -0.4 is 4.74 Å². The molecule has 0 unspecified atom stereocenters. The molecule has 0 atom stereocenters. The largest absolute Gasteiger partial charge is 0.513 e. The van der Waals surface area contributed by atoms with Gasteiger partial charge in [0.2, 0.25) is 0 Å². The van der Waals surface area contributed by atoms with Crippen molar-refractivity contribution >= 4 is 29.4 Å². The van der Waals surface area contributed by atoms with E-state index in [0.717, 1.165) is 11.1 Å². The van der Waals surface area contributed by atoms with Gasteiger partial charge in [-0.3, -0.25) is 0 Å². The number of nitrogens with zero attached hydrogens (tertiary/aromatic N) is 2. The van der Waals surface area contributed by atoms with Crippen molar-refractivity contribution in [3.8, 4) is 17.1 Å². The molecule has 0 N–H and O–H groups in total. The van der Waals surface area contributed by atoms with Gasteiger partial charge in [0.25, 0.3) is 0 Å². The Bertz CT molecular complexity index is 677. The number of benzene rings is 1. The Morgan fingerprint density at radius 3 is 2.71 bits per heavy atom. The summed E-state index contributed by atoms with van der Waals surface area (Å²) in [6.45, 7) is 3.76. The molecule has 0 aliphatic heterocycles. The molecule has 1 aromatic heterocycles. The van der Waals surface area contributed by atoms with Crippen LogP contribution in [0.3, 0.4) is 0 Å². The summed E-state index contributed by atoms with van der Waals surface area (Å²) in [5.74, 6) is 0.459. The lowest BCUT2D eigenvalue weighted by Gasteiger charge is -2.07. The maximum Gasteiger partial charge on any atom is 0.513 e. The monoisotopic (exact) mass is 326 g/mol. The molecule has 5 nitrogen and oxygen atoms in total. The van der Waals surface area contributed by atoms with Gasteiger partial charge in [-0.05, 0) is 37.6 Å². The summed E-state index contributed by atoms with van der Waals surface area (Å²) in [6, 6.07) is 5.39. The maximum atomic E-state index is 11.2. The van der Waals surface area contributed by atoms with Gasteiger partial charge in [-0.2, -0.15) is 0 Å². The molecule has 0 bridgehead atoms.